The number of aryl methyl sites for hydroxylation is 6. The molecule has 0 saturated heterocycles. The third-order valence-electron chi connectivity index (χ3n) is 10.2. The Morgan fingerprint density at radius 1 is 0.512 bits per heavy atom. The van der Waals surface area contributed by atoms with Gasteiger partial charge in [0, 0.05) is 92.4 Å². The van der Waals surface area contributed by atoms with E-state index in [2.05, 4.69) is 105 Å². The van der Waals surface area contributed by atoms with Crippen LogP contribution in [0.1, 0.15) is 95.6 Å². The van der Waals surface area contributed by atoms with Crippen LogP contribution in [0.5, 0.6) is 11.5 Å². The van der Waals surface area contributed by atoms with Crippen LogP contribution >= 0.6 is 0 Å². The van der Waals surface area contributed by atoms with Gasteiger partial charge in [-0.3, -0.25) is 19.3 Å². The van der Waals surface area contributed by atoms with Gasteiger partial charge < -0.3 is 40.1 Å². The number of phenolic OH excluding ortho intramolecular Hbond substituents is 2. The predicted octanol–water partition coefficient (Wildman–Crippen LogP) is 16.3. The topological polar surface area (TPSA) is 146 Å². The molecule has 0 amide bonds. The van der Waals surface area contributed by atoms with Crippen molar-refractivity contribution in [3.63, 3.8) is 0 Å². The second-order valence-corrected chi connectivity index (χ2v) is 18.4. The maximum atomic E-state index is 9.02. The summed E-state index contributed by atoms with van der Waals surface area (Å²) in [5.74, 6) is 2.47. The van der Waals surface area contributed by atoms with Gasteiger partial charge in [0.25, 0.3) is 0 Å². The number of aromatic hydroxyl groups is 2. The van der Waals surface area contributed by atoms with E-state index < -0.39 is 0 Å². The first-order chi connectivity index (χ1) is 39.4. The molecule has 0 saturated carbocycles. The van der Waals surface area contributed by atoms with Crippen molar-refractivity contribution in [2.24, 2.45) is 14.1 Å². The van der Waals surface area contributed by atoms with Gasteiger partial charge in [-0.05, 0) is 86.4 Å². The van der Waals surface area contributed by atoms with E-state index in [4.69, 9.17) is 17.0 Å². The quantitative estimate of drug-likeness (QED) is 0.162. The molecule has 0 atom stereocenters. The summed E-state index contributed by atoms with van der Waals surface area (Å²) in [6.07, 6.45) is 11.7. The number of imidazole rings is 2. The Hall–Kier alpha value is -5.89. The monoisotopic (exact) mass is 1860 g/mol. The predicted molar refractivity (Wildman–Crippen MR) is 327 cm³/mol. The van der Waals surface area contributed by atoms with Crippen LogP contribution in [0.2, 0.25) is 0 Å². The van der Waals surface area contributed by atoms with Crippen LogP contribution in [-0.4, -0.2) is 48.9 Å². The average molecular weight is 1860 g/mol. The molecule has 84 heavy (non-hydrogen) atoms. The molecule has 466 valence electrons. The number of aromatic nitrogens is 8. The molecular weight excluding hydrogens is 1770 g/mol. The van der Waals surface area contributed by atoms with Gasteiger partial charge in [0.05, 0.1) is 23.0 Å². The number of rotatable bonds is 5. The summed E-state index contributed by atoms with van der Waals surface area (Å²) in [4.78, 5) is 8.70. The van der Waals surface area contributed by atoms with Gasteiger partial charge in [0.1, 0.15) is 11.5 Å². The van der Waals surface area contributed by atoms with Crippen LogP contribution in [0.3, 0.4) is 0 Å². The van der Waals surface area contributed by atoms with Crippen molar-refractivity contribution >= 4 is 0 Å². The molecule has 6 aromatic carbocycles. The maximum Gasteiger partial charge on any atom is 0 e. The SMILES string of the molecule is CC(C)(C)c1ccc(O)cc1.Cc1cc(C)n(-c2[c-]c(-c3nccn3C)ccc2)n1.Cc1cc(C)n(-c2[c-]c(-c3nccn3C)ccc2)n1.Oc1ccccc1.[CH2-]CC.[CH2-]CC.[CH2-]CCC.[O]=[Pt].[O]=[Pt].[Pt].[Pt].[c-]1ccccc1.[c-]1ccccc1. The fourth-order valence-electron chi connectivity index (χ4n) is 6.49. The third kappa shape index (κ3) is 34.8. The summed E-state index contributed by atoms with van der Waals surface area (Å²) in [7, 11) is 3.96. The Morgan fingerprint density at radius 3 is 1.07 bits per heavy atom. The van der Waals surface area contributed by atoms with E-state index in [0.29, 0.717) is 11.5 Å². The second-order valence-electron chi connectivity index (χ2n) is 18.4. The number of nitrogens with zero attached hydrogens (tertiary/aromatic N) is 8. The molecule has 12 nitrogen and oxygen atoms in total. The molecule has 0 aliphatic heterocycles. The zero-order valence-electron chi connectivity index (χ0n) is 50.4. The van der Waals surface area contributed by atoms with E-state index >= 15 is 0 Å². The number of para-hydroxylation sites is 1. The van der Waals surface area contributed by atoms with Gasteiger partial charge in [0.15, 0.2) is 0 Å². The molecule has 2 N–H and O–H groups in total. The van der Waals surface area contributed by atoms with Gasteiger partial charge >= 0.3 is 46.3 Å². The summed E-state index contributed by atoms with van der Waals surface area (Å²) < 4.78 is 24.2. The number of hydrogen-bond acceptors (Lipinski definition) is 8. The zero-order valence-corrected chi connectivity index (χ0v) is 59.5. The van der Waals surface area contributed by atoms with Gasteiger partial charge in [-0.1, -0.05) is 78.3 Å². The van der Waals surface area contributed by atoms with E-state index in [9.17, 15) is 0 Å². The minimum atomic E-state index is 0. The largest absolute Gasteiger partial charge is 0.184 e. The van der Waals surface area contributed by atoms with Crippen LogP contribution in [0.25, 0.3) is 34.2 Å². The Labute approximate surface area is 554 Å². The van der Waals surface area contributed by atoms with E-state index in [1.54, 1.807) is 48.8 Å². The van der Waals surface area contributed by atoms with Crippen molar-refractivity contribution in [3.05, 3.63) is 262 Å². The average Bonchev–Trinajstić information content (AvgIpc) is 4.50. The van der Waals surface area contributed by atoms with Gasteiger partial charge in [-0.2, -0.15) is 102 Å². The van der Waals surface area contributed by atoms with E-state index in [0.717, 1.165) is 116 Å². The molecule has 4 heterocycles. The van der Waals surface area contributed by atoms with Crippen molar-refractivity contribution < 1.29 is 98.7 Å². The number of unbranched alkanes of at least 4 members (excludes halogenated alkanes) is 1. The minimum Gasteiger partial charge on any atom is -0.184 e. The Kier molecular flexibility index (Phi) is 49.4. The van der Waals surface area contributed by atoms with Crippen molar-refractivity contribution in [3.8, 4) is 45.6 Å². The van der Waals surface area contributed by atoms with Crippen molar-refractivity contribution in [2.45, 2.75) is 100 Å². The molecule has 10 aromatic rings. The van der Waals surface area contributed by atoms with Crippen molar-refractivity contribution in [1.29, 1.82) is 0 Å². The molecule has 0 fully saturated rings. The molecule has 16 heteroatoms. The smallest absolute Gasteiger partial charge is 0 e. The second kappa shape index (κ2) is 50.4. The molecule has 0 spiro atoms. The van der Waals surface area contributed by atoms with Crippen molar-refractivity contribution in [1.82, 2.24) is 38.7 Å². The maximum absolute atomic E-state index is 9.02. The molecular formula is C68H83N8O4Pt4-7. The fourth-order valence-corrected chi connectivity index (χ4v) is 6.49. The number of phenols is 2. The molecule has 0 unspecified atom stereocenters. The molecule has 4 aromatic heterocycles. The van der Waals surface area contributed by atoms with Crippen LogP contribution < -0.4 is 0 Å². The third-order valence-corrected chi connectivity index (χ3v) is 10.2. The molecule has 0 radical (unpaired) electrons. The molecule has 0 bridgehead atoms. The minimum absolute atomic E-state index is 0. The van der Waals surface area contributed by atoms with Crippen LogP contribution in [0, 0.1) is 72.7 Å². The van der Waals surface area contributed by atoms with Crippen LogP contribution in [0.15, 0.2) is 189 Å². The zero-order chi connectivity index (χ0) is 61.7. The van der Waals surface area contributed by atoms with E-state index in [1.807, 2.05) is 202 Å². The van der Waals surface area contributed by atoms with Crippen LogP contribution in [0.4, 0.5) is 0 Å². The number of benzene rings is 6. The standard InChI is InChI=1S/2C15H15N4.C10H14O.C6H6O.2C6H5.C4H9.2C3H7.2O.4Pt/c2*1-11-9-12(2)19(17-11)14-6-4-5-13(10-14)15-16-7-8-18(15)3;1-10(2,3)8-4-6-9(11)7-5-8;7-6-4-2-1-3-5-6;2*1-2-4-6-5-3-1;1-3-4-2;2*1-3-2;;;;;;/h2*4-9H,1-3H3;4-7,11H,1-3H3;1-5,7H;2*1-5H;1,3-4H2,2H3;2*1,3H2,2H3;;;;;;/q2*-1;;;5*-1;;;;;;. The molecule has 0 aliphatic rings. The molecule has 10 rings (SSSR count). The van der Waals surface area contributed by atoms with Gasteiger partial charge in [-0.15, -0.1) is 59.7 Å². The van der Waals surface area contributed by atoms with Crippen molar-refractivity contribution in [2.75, 3.05) is 0 Å². The Balaban J connectivity index is -0.000000934. The first kappa shape index (κ1) is 82.3. The number of hydrogen-bond donors (Lipinski definition) is 2. The van der Waals surface area contributed by atoms with Gasteiger partial charge in [-0.25, -0.2) is 0 Å². The Morgan fingerprint density at radius 2 is 0.845 bits per heavy atom. The van der Waals surface area contributed by atoms with E-state index in [-0.39, 0.29) is 47.5 Å². The first-order valence-corrected chi connectivity index (χ1v) is 28.4. The van der Waals surface area contributed by atoms with E-state index in [1.165, 1.54) is 12.0 Å². The summed E-state index contributed by atoms with van der Waals surface area (Å²) in [5, 5.41) is 26.6. The summed E-state index contributed by atoms with van der Waals surface area (Å²) in [6.45, 7) is 31.2. The van der Waals surface area contributed by atoms with Crippen LogP contribution in [-0.2, 0) is 108 Å². The normalized spacial score (nSPS) is 9.23. The summed E-state index contributed by atoms with van der Waals surface area (Å²) in [5.41, 5.74) is 9.45. The first-order valence-electron chi connectivity index (χ1n) is 26.5. The molecule has 0 aliphatic carbocycles. The summed E-state index contributed by atoms with van der Waals surface area (Å²) >= 11 is 1.78. The Bertz CT molecular complexity index is 2890. The van der Waals surface area contributed by atoms with Gasteiger partial charge in [0.2, 0.25) is 0 Å². The summed E-state index contributed by atoms with van der Waals surface area (Å²) in [6, 6.07) is 64.0. The fraction of sp³-hybridized carbons (Fsp3) is 0.250.